The quantitative estimate of drug-likeness (QED) is 0.897. The van der Waals surface area contributed by atoms with Crippen LogP contribution >= 0.6 is 0 Å². The van der Waals surface area contributed by atoms with E-state index < -0.39 is 0 Å². The second kappa shape index (κ2) is 5.21. The van der Waals surface area contributed by atoms with Crippen molar-refractivity contribution >= 4 is 0 Å². The van der Waals surface area contributed by atoms with Gasteiger partial charge in [0.05, 0.1) is 18.3 Å². The van der Waals surface area contributed by atoms with Crippen molar-refractivity contribution in [2.75, 3.05) is 13.1 Å². The van der Waals surface area contributed by atoms with Gasteiger partial charge in [0.25, 0.3) is 5.56 Å². The van der Waals surface area contributed by atoms with E-state index in [1.165, 1.54) is 12.8 Å². The zero-order valence-corrected chi connectivity index (χ0v) is 12.3. The Hall–Kier alpha value is -1.20. The number of nitrogens with zero attached hydrogens (tertiary/aromatic N) is 3. The van der Waals surface area contributed by atoms with E-state index in [0.29, 0.717) is 17.9 Å². The SMILES string of the molecule is O=c1ccc(C2CC2)nn1CC1CN(C2CCCC2O)C1. The van der Waals surface area contributed by atoms with Crippen LogP contribution in [0.15, 0.2) is 16.9 Å². The molecule has 0 amide bonds. The third-order valence-electron chi connectivity index (χ3n) is 5.21. The van der Waals surface area contributed by atoms with Crippen molar-refractivity contribution in [1.82, 2.24) is 14.7 Å². The van der Waals surface area contributed by atoms with Gasteiger partial charge in [-0.3, -0.25) is 9.69 Å². The lowest BCUT2D eigenvalue weighted by atomic mass is 9.96. The van der Waals surface area contributed by atoms with Gasteiger partial charge in [0.15, 0.2) is 0 Å². The van der Waals surface area contributed by atoms with E-state index in [-0.39, 0.29) is 11.7 Å². The van der Waals surface area contributed by atoms with Crippen LogP contribution in [0.25, 0.3) is 0 Å². The fraction of sp³-hybridized carbons (Fsp3) is 0.750. The van der Waals surface area contributed by atoms with Crippen molar-refractivity contribution in [2.45, 2.75) is 56.7 Å². The fourth-order valence-corrected chi connectivity index (χ4v) is 3.78. The molecule has 5 nitrogen and oxygen atoms in total. The first kappa shape index (κ1) is 13.5. The molecule has 2 aliphatic carbocycles. The van der Waals surface area contributed by atoms with Crippen LogP contribution in [0.3, 0.4) is 0 Å². The maximum absolute atomic E-state index is 11.9. The van der Waals surface area contributed by atoms with Gasteiger partial charge in [-0.05, 0) is 38.2 Å². The van der Waals surface area contributed by atoms with Crippen molar-refractivity contribution in [3.63, 3.8) is 0 Å². The number of hydrogen-bond acceptors (Lipinski definition) is 4. The molecule has 21 heavy (non-hydrogen) atoms. The summed E-state index contributed by atoms with van der Waals surface area (Å²) in [6.07, 6.45) is 5.46. The van der Waals surface area contributed by atoms with E-state index >= 15 is 0 Å². The van der Waals surface area contributed by atoms with Crippen LogP contribution in [-0.2, 0) is 6.54 Å². The Balaban J connectivity index is 1.37. The lowest BCUT2D eigenvalue weighted by Gasteiger charge is -2.44. The predicted octanol–water partition coefficient (Wildman–Crippen LogP) is 0.966. The maximum Gasteiger partial charge on any atom is 0.266 e. The molecule has 2 atom stereocenters. The highest BCUT2D eigenvalue weighted by molar-refractivity contribution is 5.12. The zero-order chi connectivity index (χ0) is 14.4. The van der Waals surface area contributed by atoms with E-state index in [9.17, 15) is 9.90 Å². The molecule has 1 aromatic heterocycles. The van der Waals surface area contributed by atoms with E-state index in [1.54, 1.807) is 10.7 Å². The molecule has 5 heteroatoms. The lowest BCUT2D eigenvalue weighted by Crippen LogP contribution is -2.56. The number of likely N-dealkylation sites (tertiary alicyclic amines) is 1. The molecule has 3 aliphatic rings. The van der Waals surface area contributed by atoms with Crippen LogP contribution in [-0.4, -0.2) is 45.0 Å². The molecule has 0 bridgehead atoms. The first-order chi connectivity index (χ1) is 10.2. The number of rotatable bonds is 4. The van der Waals surface area contributed by atoms with Crippen molar-refractivity contribution in [2.24, 2.45) is 5.92 Å². The van der Waals surface area contributed by atoms with Crippen LogP contribution < -0.4 is 5.56 Å². The highest BCUT2D eigenvalue weighted by Crippen LogP contribution is 2.38. The fourth-order valence-electron chi connectivity index (χ4n) is 3.78. The van der Waals surface area contributed by atoms with Gasteiger partial charge < -0.3 is 5.11 Å². The maximum atomic E-state index is 11.9. The summed E-state index contributed by atoms with van der Waals surface area (Å²) in [5.41, 5.74) is 1.09. The number of aliphatic hydroxyl groups excluding tert-OH is 1. The average Bonchev–Trinajstić information content (AvgIpc) is 3.19. The molecule has 1 aliphatic heterocycles. The molecule has 2 unspecified atom stereocenters. The Bertz CT molecular complexity index is 575. The third-order valence-corrected chi connectivity index (χ3v) is 5.21. The minimum Gasteiger partial charge on any atom is -0.391 e. The summed E-state index contributed by atoms with van der Waals surface area (Å²) in [4.78, 5) is 14.3. The van der Waals surface area contributed by atoms with Crippen LogP contribution in [0.1, 0.15) is 43.7 Å². The molecule has 1 aromatic rings. The molecule has 0 aromatic carbocycles. The van der Waals surface area contributed by atoms with Crippen LogP contribution in [0.4, 0.5) is 0 Å². The van der Waals surface area contributed by atoms with E-state index in [0.717, 1.165) is 44.6 Å². The number of aliphatic hydroxyl groups is 1. The molecule has 4 rings (SSSR count). The highest BCUT2D eigenvalue weighted by Gasteiger charge is 2.38. The summed E-state index contributed by atoms with van der Waals surface area (Å²) in [6, 6.07) is 3.90. The molecule has 1 N–H and O–H groups in total. The molecule has 0 spiro atoms. The van der Waals surface area contributed by atoms with Gasteiger partial charge in [-0.15, -0.1) is 0 Å². The minimum absolute atomic E-state index is 0.0127. The molecule has 0 radical (unpaired) electrons. The number of aromatic nitrogens is 2. The standard InChI is InChI=1S/C16H23N3O2/c20-15-3-1-2-14(15)18-8-11(9-18)10-19-16(21)7-6-13(17-19)12-4-5-12/h6-7,11-12,14-15,20H,1-5,8-10H2. The molecule has 3 fully saturated rings. The summed E-state index contributed by atoms with van der Waals surface area (Å²) in [7, 11) is 0. The molecule has 114 valence electrons. The smallest absolute Gasteiger partial charge is 0.266 e. The van der Waals surface area contributed by atoms with Gasteiger partial charge in [0.2, 0.25) is 0 Å². The Labute approximate surface area is 124 Å². The Morgan fingerprint density at radius 2 is 2.00 bits per heavy atom. The van der Waals surface area contributed by atoms with Gasteiger partial charge in [-0.1, -0.05) is 0 Å². The van der Waals surface area contributed by atoms with E-state index in [2.05, 4.69) is 10.00 Å². The molecule has 1 saturated heterocycles. The van der Waals surface area contributed by atoms with Crippen molar-refractivity contribution in [3.05, 3.63) is 28.2 Å². The number of hydrogen-bond donors (Lipinski definition) is 1. The third kappa shape index (κ3) is 2.64. The molecule has 2 heterocycles. The summed E-state index contributed by atoms with van der Waals surface area (Å²) in [6.45, 7) is 2.70. The van der Waals surface area contributed by atoms with Crippen molar-refractivity contribution in [3.8, 4) is 0 Å². The van der Waals surface area contributed by atoms with Crippen LogP contribution in [0.5, 0.6) is 0 Å². The average molecular weight is 289 g/mol. The Morgan fingerprint density at radius 3 is 2.67 bits per heavy atom. The molecule has 2 saturated carbocycles. The van der Waals surface area contributed by atoms with Gasteiger partial charge in [0, 0.05) is 37.0 Å². The Morgan fingerprint density at radius 1 is 1.19 bits per heavy atom. The topological polar surface area (TPSA) is 58.4 Å². The summed E-state index contributed by atoms with van der Waals surface area (Å²) in [5.74, 6) is 1.08. The van der Waals surface area contributed by atoms with Gasteiger partial charge in [-0.25, -0.2) is 4.68 Å². The second-order valence-corrected chi connectivity index (χ2v) is 6.94. The highest BCUT2D eigenvalue weighted by atomic mass is 16.3. The van der Waals surface area contributed by atoms with E-state index in [4.69, 9.17) is 0 Å². The minimum atomic E-state index is -0.148. The van der Waals surface area contributed by atoms with Gasteiger partial charge >= 0.3 is 0 Å². The van der Waals surface area contributed by atoms with E-state index in [1.807, 2.05) is 6.07 Å². The summed E-state index contributed by atoms with van der Waals surface area (Å²) in [5, 5.41) is 14.5. The first-order valence-electron chi connectivity index (χ1n) is 8.21. The molecular formula is C16H23N3O2. The van der Waals surface area contributed by atoms with Crippen LogP contribution in [0, 0.1) is 5.92 Å². The second-order valence-electron chi connectivity index (χ2n) is 6.94. The summed E-state index contributed by atoms with van der Waals surface area (Å²) < 4.78 is 1.65. The molecular weight excluding hydrogens is 266 g/mol. The predicted molar refractivity (Wildman–Crippen MR) is 79.2 cm³/mol. The normalized spacial score (nSPS) is 30.5. The van der Waals surface area contributed by atoms with Crippen LogP contribution in [0.2, 0.25) is 0 Å². The monoisotopic (exact) mass is 289 g/mol. The summed E-state index contributed by atoms with van der Waals surface area (Å²) >= 11 is 0. The Kier molecular flexibility index (Phi) is 3.34. The largest absolute Gasteiger partial charge is 0.391 e. The van der Waals surface area contributed by atoms with Crippen molar-refractivity contribution < 1.29 is 5.11 Å². The lowest BCUT2D eigenvalue weighted by molar-refractivity contribution is -0.00798. The van der Waals surface area contributed by atoms with Crippen molar-refractivity contribution in [1.29, 1.82) is 0 Å². The first-order valence-corrected chi connectivity index (χ1v) is 8.21. The van der Waals surface area contributed by atoms with Gasteiger partial charge in [0.1, 0.15) is 0 Å². The van der Waals surface area contributed by atoms with Gasteiger partial charge in [-0.2, -0.15) is 5.10 Å². The zero-order valence-electron chi connectivity index (χ0n) is 12.3.